The molecule has 8 heteroatoms. The Morgan fingerprint density at radius 2 is 2.12 bits per heavy atom. The van der Waals surface area contributed by atoms with Crippen LogP contribution in [0.25, 0.3) is 0 Å². The number of aromatic amines is 1. The quantitative estimate of drug-likeness (QED) is 0.784. The maximum absolute atomic E-state index is 13.1. The highest BCUT2D eigenvalue weighted by Gasteiger charge is 2.28. The topological polar surface area (TPSA) is 90.1 Å². The van der Waals surface area contributed by atoms with E-state index in [1.54, 1.807) is 11.1 Å². The second kappa shape index (κ2) is 7.99. The maximum atomic E-state index is 13.1. The number of halogens is 1. The predicted molar refractivity (Wildman–Crippen MR) is 95.6 cm³/mol. The minimum Gasteiger partial charge on any atom is -0.338 e. The zero-order chi connectivity index (χ0) is 18.5. The minimum atomic E-state index is -0.364. The Bertz CT molecular complexity index is 774. The van der Waals surface area contributed by atoms with E-state index in [1.165, 1.54) is 24.3 Å². The Hall–Kier alpha value is -2.90. The van der Waals surface area contributed by atoms with Crippen LogP contribution in [0.5, 0.6) is 0 Å². The van der Waals surface area contributed by atoms with Crippen LogP contribution in [0.1, 0.15) is 41.7 Å². The van der Waals surface area contributed by atoms with Crippen molar-refractivity contribution in [3.63, 3.8) is 0 Å². The number of amides is 3. The molecule has 1 aromatic heterocycles. The van der Waals surface area contributed by atoms with Gasteiger partial charge in [-0.3, -0.25) is 9.89 Å². The van der Waals surface area contributed by atoms with Gasteiger partial charge in [0.2, 0.25) is 0 Å². The molecule has 0 spiro atoms. The predicted octanol–water partition coefficient (Wildman–Crippen LogP) is 2.71. The van der Waals surface area contributed by atoms with Gasteiger partial charge in [-0.1, -0.05) is 0 Å². The lowest BCUT2D eigenvalue weighted by molar-refractivity contribution is 0.0706. The van der Waals surface area contributed by atoms with Crippen molar-refractivity contribution in [3.05, 3.63) is 47.5 Å². The third kappa shape index (κ3) is 4.01. The number of nitrogens with one attached hydrogen (secondary N) is 3. The second-order valence-electron chi connectivity index (χ2n) is 6.28. The molecule has 1 atom stereocenters. The molecule has 1 saturated heterocycles. The van der Waals surface area contributed by atoms with Crippen molar-refractivity contribution >= 4 is 17.6 Å². The van der Waals surface area contributed by atoms with Gasteiger partial charge in [-0.15, -0.1) is 0 Å². The minimum absolute atomic E-state index is 0.0487. The summed E-state index contributed by atoms with van der Waals surface area (Å²) in [6.07, 6.45) is 3.31. The Balaban J connectivity index is 1.71. The average molecular weight is 359 g/mol. The molecule has 0 saturated carbocycles. The molecule has 0 bridgehead atoms. The number of likely N-dealkylation sites (tertiary alicyclic amines) is 1. The number of piperidine rings is 1. The van der Waals surface area contributed by atoms with Gasteiger partial charge in [0.25, 0.3) is 5.91 Å². The number of urea groups is 1. The molecule has 7 nitrogen and oxygen atoms in total. The highest BCUT2D eigenvalue weighted by Crippen LogP contribution is 2.30. The van der Waals surface area contributed by atoms with Crippen molar-refractivity contribution in [1.82, 2.24) is 20.4 Å². The van der Waals surface area contributed by atoms with Crippen molar-refractivity contribution in [2.24, 2.45) is 0 Å². The summed E-state index contributed by atoms with van der Waals surface area (Å²) in [4.78, 5) is 26.2. The van der Waals surface area contributed by atoms with Gasteiger partial charge in [0.1, 0.15) is 5.82 Å². The van der Waals surface area contributed by atoms with Crippen LogP contribution in [0, 0.1) is 5.82 Å². The van der Waals surface area contributed by atoms with Crippen LogP contribution in [0.3, 0.4) is 0 Å². The van der Waals surface area contributed by atoms with E-state index >= 15 is 0 Å². The van der Waals surface area contributed by atoms with Crippen LogP contribution >= 0.6 is 0 Å². The van der Waals surface area contributed by atoms with E-state index in [0.717, 1.165) is 18.5 Å². The van der Waals surface area contributed by atoms with Crippen molar-refractivity contribution in [3.8, 4) is 0 Å². The highest BCUT2D eigenvalue weighted by atomic mass is 19.1. The number of hydrogen-bond donors (Lipinski definition) is 3. The number of nitrogens with zero attached hydrogens (tertiary/aromatic N) is 2. The molecule has 0 aliphatic carbocycles. The number of carbonyl (C=O) groups excluding carboxylic acids is 2. The number of anilines is 1. The highest BCUT2D eigenvalue weighted by molar-refractivity contribution is 5.94. The Labute approximate surface area is 151 Å². The molecule has 1 aliphatic rings. The normalized spacial score (nSPS) is 17.0. The number of benzene rings is 1. The van der Waals surface area contributed by atoms with Crippen LogP contribution < -0.4 is 10.6 Å². The molecule has 3 rings (SSSR count). The standard InChI is InChI=1S/C18H22FN5O2/c1-2-20-18(26)22-15-10-21-23-16(15)13-4-3-9-24(11-13)17(25)12-5-7-14(19)8-6-12/h5-8,10,13H,2-4,9,11H2,1H3,(H,21,23)(H2,20,22,26)/t13-/m1/s1. The first kappa shape index (κ1) is 17.9. The summed E-state index contributed by atoms with van der Waals surface area (Å²) in [6.45, 7) is 3.54. The molecule has 1 aliphatic heterocycles. The van der Waals surface area contributed by atoms with Crippen LogP contribution in [-0.2, 0) is 0 Å². The number of rotatable bonds is 4. The summed E-state index contributed by atoms with van der Waals surface area (Å²) in [5, 5.41) is 12.4. The first-order chi connectivity index (χ1) is 12.6. The van der Waals surface area contributed by atoms with Gasteiger partial charge in [0.05, 0.1) is 17.6 Å². The Kier molecular flexibility index (Phi) is 5.50. The van der Waals surface area contributed by atoms with Gasteiger partial charge in [-0.25, -0.2) is 9.18 Å². The van der Waals surface area contributed by atoms with E-state index < -0.39 is 0 Å². The van der Waals surface area contributed by atoms with Gasteiger partial charge < -0.3 is 15.5 Å². The van der Waals surface area contributed by atoms with Crippen LogP contribution in [0.15, 0.2) is 30.5 Å². The second-order valence-corrected chi connectivity index (χ2v) is 6.28. The summed E-state index contributed by atoms with van der Waals surface area (Å²) >= 11 is 0. The van der Waals surface area contributed by atoms with Crippen LogP contribution in [0.4, 0.5) is 14.9 Å². The van der Waals surface area contributed by atoms with E-state index in [0.29, 0.717) is 30.9 Å². The molecule has 138 valence electrons. The van der Waals surface area contributed by atoms with Crippen molar-refractivity contribution < 1.29 is 14.0 Å². The fraction of sp³-hybridized carbons (Fsp3) is 0.389. The van der Waals surface area contributed by atoms with Gasteiger partial charge in [-0.05, 0) is 44.0 Å². The molecule has 3 N–H and O–H groups in total. The number of hydrogen-bond acceptors (Lipinski definition) is 3. The molecule has 1 aromatic carbocycles. The number of carbonyl (C=O) groups is 2. The molecular formula is C18H22FN5O2. The van der Waals surface area contributed by atoms with E-state index in [9.17, 15) is 14.0 Å². The molecule has 2 heterocycles. The molecule has 1 fully saturated rings. The van der Waals surface area contributed by atoms with Crippen molar-refractivity contribution in [2.75, 3.05) is 25.0 Å². The molecular weight excluding hydrogens is 337 g/mol. The third-order valence-corrected chi connectivity index (χ3v) is 4.46. The monoisotopic (exact) mass is 359 g/mol. The van der Waals surface area contributed by atoms with Gasteiger partial charge >= 0.3 is 6.03 Å². The van der Waals surface area contributed by atoms with Crippen molar-refractivity contribution in [2.45, 2.75) is 25.7 Å². The lowest BCUT2D eigenvalue weighted by Crippen LogP contribution is -2.39. The lowest BCUT2D eigenvalue weighted by Gasteiger charge is -2.32. The summed E-state index contributed by atoms with van der Waals surface area (Å²) in [7, 11) is 0. The van der Waals surface area contributed by atoms with Crippen LogP contribution in [-0.4, -0.2) is 46.7 Å². The molecule has 0 unspecified atom stereocenters. The fourth-order valence-corrected chi connectivity index (χ4v) is 3.21. The third-order valence-electron chi connectivity index (χ3n) is 4.46. The van der Waals surface area contributed by atoms with E-state index in [4.69, 9.17) is 0 Å². The summed E-state index contributed by atoms with van der Waals surface area (Å²) in [5.74, 6) is -0.434. The smallest absolute Gasteiger partial charge is 0.319 e. The van der Waals surface area contributed by atoms with E-state index in [1.807, 2.05) is 6.92 Å². The summed E-state index contributed by atoms with van der Waals surface area (Å²) < 4.78 is 13.1. The van der Waals surface area contributed by atoms with Gasteiger partial charge in [0, 0.05) is 31.1 Å². The molecule has 2 aromatic rings. The molecule has 0 radical (unpaired) electrons. The number of H-pyrrole nitrogens is 1. The lowest BCUT2D eigenvalue weighted by atomic mass is 9.93. The largest absolute Gasteiger partial charge is 0.338 e. The maximum Gasteiger partial charge on any atom is 0.319 e. The SMILES string of the molecule is CCNC(=O)Nc1cn[nH]c1[C@@H]1CCCN(C(=O)c2ccc(F)cc2)C1. The summed E-state index contributed by atoms with van der Waals surface area (Å²) in [6, 6.07) is 5.29. The first-order valence-corrected chi connectivity index (χ1v) is 8.71. The summed E-state index contributed by atoms with van der Waals surface area (Å²) in [5.41, 5.74) is 1.90. The van der Waals surface area contributed by atoms with Crippen molar-refractivity contribution in [1.29, 1.82) is 0 Å². The Morgan fingerprint density at radius 3 is 2.85 bits per heavy atom. The van der Waals surface area contributed by atoms with Gasteiger partial charge in [0.15, 0.2) is 0 Å². The zero-order valence-corrected chi connectivity index (χ0v) is 14.6. The molecule has 26 heavy (non-hydrogen) atoms. The van der Waals surface area contributed by atoms with E-state index in [-0.39, 0.29) is 23.7 Å². The zero-order valence-electron chi connectivity index (χ0n) is 14.6. The Morgan fingerprint density at radius 1 is 1.35 bits per heavy atom. The number of aromatic nitrogens is 2. The average Bonchev–Trinajstić information content (AvgIpc) is 3.10. The van der Waals surface area contributed by atoms with E-state index in [2.05, 4.69) is 20.8 Å². The fourth-order valence-electron chi connectivity index (χ4n) is 3.21. The van der Waals surface area contributed by atoms with Crippen LogP contribution in [0.2, 0.25) is 0 Å². The molecule has 3 amide bonds. The van der Waals surface area contributed by atoms with Gasteiger partial charge in [-0.2, -0.15) is 5.10 Å². The first-order valence-electron chi connectivity index (χ1n) is 8.71.